The Morgan fingerprint density at radius 3 is 2.37 bits per heavy atom. The number of methoxy groups -OCH3 is 1. The first-order valence-electron chi connectivity index (χ1n) is 6.46. The molecule has 0 unspecified atom stereocenters. The van der Waals surface area contributed by atoms with Crippen LogP contribution in [0.5, 0.6) is 5.75 Å². The Hall–Kier alpha value is -1.07. The van der Waals surface area contributed by atoms with Gasteiger partial charge < -0.3 is 9.64 Å². The fraction of sp³-hybridized carbons (Fsp3) is 0.500. The molecule has 0 radical (unpaired) electrons. The summed E-state index contributed by atoms with van der Waals surface area (Å²) in [5.41, 5.74) is 0.731. The number of alkyl halides is 1. The summed E-state index contributed by atoms with van der Waals surface area (Å²) in [5, 5.41) is 0.986. The highest BCUT2D eigenvalue weighted by Gasteiger charge is 2.21. The summed E-state index contributed by atoms with van der Waals surface area (Å²) in [7, 11) is 1.62. The third-order valence-corrected chi connectivity index (χ3v) is 3.75. The number of hydrogen-bond acceptors (Lipinski definition) is 3. The van der Waals surface area contributed by atoms with E-state index in [1.165, 1.54) is 0 Å². The lowest BCUT2D eigenvalue weighted by Crippen LogP contribution is -2.49. The molecule has 5 heteroatoms. The highest BCUT2D eigenvalue weighted by atomic mass is 79.9. The monoisotopic (exact) mass is 326 g/mol. The quantitative estimate of drug-likeness (QED) is 0.792. The lowest BCUT2D eigenvalue weighted by molar-refractivity contribution is 0.0645. The summed E-state index contributed by atoms with van der Waals surface area (Å²) < 4.78 is 5.10. The average Bonchev–Trinajstić information content (AvgIpc) is 2.48. The zero-order valence-corrected chi connectivity index (χ0v) is 12.7. The Morgan fingerprint density at radius 1 is 1.21 bits per heavy atom. The topological polar surface area (TPSA) is 32.8 Å². The summed E-state index contributed by atoms with van der Waals surface area (Å²) in [6, 6.07) is 7.31. The molecule has 19 heavy (non-hydrogen) atoms. The molecule has 1 aliphatic heterocycles. The number of amides is 1. The molecular formula is C14H19BrN2O2. The minimum Gasteiger partial charge on any atom is -0.497 e. The third-order valence-electron chi connectivity index (χ3n) is 3.40. The molecule has 1 saturated heterocycles. The fourth-order valence-electron chi connectivity index (χ4n) is 2.21. The molecule has 0 aromatic heterocycles. The van der Waals surface area contributed by atoms with E-state index < -0.39 is 0 Å². The van der Waals surface area contributed by atoms with Crippen molar-refractivity contribution in [2.45, 2.75) is 0 Å². The van der Waals surface area contributed by atoms with Gasteiger partial charge in [0.2, 0.25) is 0 Å². The second kappa shape index (κ2) is 6.91. The number of rotatable bonds is 4. The number of nitrogens with zero attached hydrogens (tertiary/aromatic N) is 2. The van der Waals surface area contributed by atoms with E-state index in [1.54, 1.807) is 7.11 Å². The van der Waals surface area contributed by atoms with Gasteiger partial charge in [-0.1, -0.05) is 15.9 Å². The lowest BCUT2D eigenvalue weighted by atomic mass is 10.1. The molecule has 1 aromatic rings. The maximum atomic E-state index is 12.3. The zero-order chi connectivity index (χ0) is 13.7. The molecule has 1 fully saturated rings. The van der Waals surface area contributed by atoms with Crippen molar-refractivity contribution in [3.05, 3.63) is 29.8 Å². The van der Waals surface area contributed by atoms with Gasteiger partial charge in [-0.25, -0.2) is 0 Å². The molecule has 0 saturated carbocycles. The number of ether oxygens (including phenoxy) is 1. The molecule has 1 aromatic carbocycles. The number of halogens is 1. The molecule has 0 bridgehead atoms. The summed E-state index contributed by atoms with van der Waals surface area (Å²) in [6.45, 7) is 4.56. The number of hydrogen-bond donors (Lipinski definition) is 0. The number of carbonyl (C=O) groups is 1. The first-order valence-corrected chi connectivity index (χ1v) is 7.58. The highest BCUT2D eigenvalue weighted by molar-refractivity contribution is 9.09. The lowest BCUT2D eigenvalue weighted by Gasteiger charge is -2.34. The van der Waals surface area contributed by atoms with E-state index in [0.29, 0.717) is 0 Å². The van der Waals surface area contributed by atoms with Crippen molar-refractivity contribution in [3.63, 3.8) is 0 Å². The van der Waals surface area contributed by atoms with Crippen molar-refractivity contribution in [1.29, 1.82) is 0 Å². The number of carbonyl (C=O) groups excluding carboxylic acids is 1. The van der Waals surface area contributed by atoms with Gasteiger partial charge >= 0.3 is 0 Å². The first-order chi connectivity index (χ1) is 9.24. The van der Waals surface area contributed by atoms with E-state index in [2.05, 4.69) is 20.8 Å². The van der Waals surface area contributed by atoms with Gasteiger partial charge in [0.1, 0.15) is 5.75 Å². The van der Waals surface area contributed by atoms with Gasteiger partial charge in [0.15, 0.2) is 0 Å². The molecule has 1 amide bonds. The summed E-state index contributed by atoms with van der Waals surface area (Å²) in [5.74, 6) is 0.889. The predicted octanol–water partition coefficient (Wildman–Crippen LogP) is 1.85. The molecule has 0 spiro atoms. The maximum Gasteiger partial charge on any atom is 0.253 e. The van der Waals surface area contributed by atoms with E-state index in [-0.39, 0.29) is 5.91 Å². The fourth-order valence-corrected chi connectivity index (χ4v) is 2.71. The SMILES string of the molecule is COc1ccc(C(=O)N2CCN(CCBr)CC2)cc1. The van der Waals surface area contributed by atoms with E-state index in [9.17, 15) is 4.79 Å². The van der Waals surface area contributed by atoms with Crippen molar-refractivity contribution in [1.82, 2.24) is 9.80 Å². The molecular weight excluding hydrogens is 308 g/mol. The smallest absolute Gasteiger partial charge is 0.253 e. The van der Waals surface area contributed by atoms with E-state index >= 15 is 0 Å². The van der Waals surface area contributed by atoms with Crippen molar-refractivity contribution in [2.24, 2.45) is 0 Å². The van der Waals surface area contributed by atoms with Crippen LogP contribution in [-0.2, 0) is 0 Å². The van der Waals surface area contributed by atoms with Crippen LogP contribution < -0.4 is 4.74 Å². The Balaban J connectivity index is 1.93. The summed E-state index contributed by atoms with van der Waals surface area (Å²) in [6.07, 6.45) is 0. The van der Waals surface area contributed by atoms with Crippen molar-refractivity contribution in [2.75, 3.05) is 45.2 Å². The third kappa shape index (κ3) is 3.70. The van der Waals surface area contributed by atoms with Crippen LogP contribution in [0, 0.1) is 0 Å². The van der Waals surface area contributed by atoms with Crippen LogP contribution in [0.2, 0.25) is 0 Å². The van der Waals surface area contributed by atoms with Crippen molar-refractivity contribution in [3.8, 4) is 5.75 Å². The predicted molar refractivity (Wildman–Crippen MR) is 79.1 cm³/mol. The number of benzene rings is 1. The van der Waals surface area contributed by atoms with Gasteiger partial charge in [0, 0.05) is 43.6 Å². The summed E-state index contributed by atoms with van der Waals surface area (Å²) in [4.78, 5) is 16.6. The number of piperazine rings is 1. The van der Waals surface area contributed by atoms with Crippen LogP contribution >= 0.6 is 15.9 Å². The molecule has 1 aliphatic rings. The van der Waals surface area contributed by atoms with Crippen molar-refractivity contribution >= 4 is 21.8 Å². The average molecular weight is 327 g/mol. The Kier molecular flexibility index (Phi) is 5.22. The van der Waals surface area contributed by atoms with Gasteiger partial charge in [0.25, 0.3) is 5.91 Å². The largest absolute Gasteiger partial charge is 0.497 e. The normalized spacial score (nSPS) is 16.4. The maximum absolute atomic E-state index is 12.3. The summed E-state index contributed by atoms with van der Waals surface area (Å²) >= 11 is 3.45. The second-order valence-electron chi connectivity index (χ2n) is 4.55. The van der Waals surface area contributed by atoms with Gasteiger partial charge in [0.05, 0.1) is 7.11 Å². The van der Waals surface area contributed by atoms with Crippen LogP contribution in [0.3, 0.4) is 0 Å². The molecule has 1 heterocycles. The highest BCUT2D eigenvalue weighted by Crippen LogP contribution is 2.14. The minimum atomic E-state index is 0.112. The van der Waals surface area contributed by atoms with Gasteiger partial charge in [-0.15, -0.1) is 0 Å². The van der Waals surface area contributed by atoms with E-state index in [4.69, 9.17) is 4.74 Å². The Morgan fingerprint density at radius 2 is 1.84 bits per heavy atom. The molecule has 104 valence electrons. The Labute approximate surface area is 122 Å². The van der Waals surface area contributed by atoms with Gasteiger partial charge in [-0.05, 0) is 24.3 Å². The standard InChI is InChI=1S/C14H19BrN2O2/c1-19-13-4-2-12(3-5-13)14(18)17-10-8-16(7-6-15)9-11-17/h2-5H,6-11H2,1H3. The van der Waals surface area contributed by atoms with Gasteiger partial charge in [-0.2, -0.15) is 0 Å². The van der Waals surface area contributed by atoms with Crippen LogP contribution in [0.4, 0.5) is 0 Å². The van der Waals surface area contributed by atoms with Gasteiger partial charge in [-0.3, -0.25) is 9.69 Å². The molecule has 0 aliphatic carbocycles. The molecule has 2 rings (SSSR count). The van der Waals surface area contributed by atoms with Crippen LogP contribution in [-0.4, -0.2) is 60.9 Å². The second-order valence-corrected chi connectivity index (χ2v) is 5.34. The minimum absolute atomic E-state index is 0.112. The van der Waals surface area contributed by atoms with E-state index in [0.717, 1.165) is 49.4 Å². The van der Waals surface area contributed by atoms with E-state index in [1.807, 2.05) is 29.2 Å². The Bertz CT molecular complexity index is 414. The van der Waals surface area contributed by atoms with Crippen LogP contribution in [0.1, 0.15) is 10.4 Å². The zero-order valence-electron chi connectivity index (χ0n) is 11.1. The van der Waals surface area contributed by atoms with Crippen molar-refractivity contribution < 1.29 is 9.53 Å². The molecule has 4 nitrogen and oxygen atoms in total. The van der Waals surface area contributed by atoms with Crippen LogP contribution in [0.25, 0.3) is 0 Å². The molecule has 0 atom stereocenters. The van der Waals surface area contributed by atoms with Crippen LogP contribution in [0.15, 0.2) is 24.3 Å². The first kappa shape index (κ1) is 14.3. The molecule has 0 N–H and O–H groups in total.